The van der Waals surface area contributed by atoms with E-state index in [0.717, 1.165) is 35.5 Å². The molecule has 2 fully saturated rings. The molecule has 2 aromatic heterocycles. The molecule has 0 saturated carbocycles. The molecule has 36 heavy (non-hydrogen) atoms. The lowest BCUT2D eigenvalue weighted by Crippen LogP contribution is -2.38. The van der Waals surface area contributed by atoms with Crippen molar-refractivity contribution in [1.29, 1.82) is 0 Å². The Kier molecular flexibility index (Phi) is 6.85. The van der Waals surface area contributed by atoms with Crippen molar-refractivity contribution >= 4 is 34.7 Å². The van der Waals surface area contributed by atoms with Crippen LogP contribution < -0.4 is 10.2 Å². The molecule has 190 valence electrons. The summed E-state index contributed by atoms with van der Waals surface area (Å²) in [6.45, 7) is 5.66. The maximum Gasteiger partial charge on any atom is 0.411 e. The van der Waals surface area contributed by atoms with Crippen LogP contribution in [0.5, 0.6) is 0 Å². The number of morpholine rings is 1. The van der Waals surface area contributed by atoms with Gasteiger partial charge >= 0.3 is 12.2 Å². The molecule has 2 N–H and O–H groups in total. The zero-order chi connectivity index (χ0) is 25.1. The van der Waals surface area contributed by atoms with E-state index in [-0.39, 0.29) is 6.04 Å². The van der Waals surface area contributed by atoms with Crippen LogP contribution in [0.15, 0.2) is 30.5 Å². The Balaban J connectivity index is 1.49. The number of anilines is 2. The minimum atomic E-state index is -0.890. The molecule has 2 saturated heterocycles. The van der Waals surface area contributed by atoms with E-state index in [1.54, 1.807) is 25.3 Å². The molecule has 5 rings (SSSR count). The number of aromatic nitrogens is 4. The number of piperidine rings is 1. The highest BCUT2D eigenvalue weighted by atomic mass is 16.5. The molecule has 0 bridgehead atoms. The third kappa shape index (κ3) is 4.89. The van der Waals surface area contributed by atoms with E-state index in [1.165, 1.54) is 4.90 Å². The van der Waals surface area contributed by atoms with Gasteiger partial charge in [-0.1, -0.05) is 0 Å². The predicted octanol–water partition coefficient (Wildman–Crippen LogP) is 3.21. The number of benzene rings is 1. The third-order valence-corrected chi connectivity index (χ3v) is 6.49. The summed E-state index contributed by atoms with van der Waals surface area (Å²) in [6.07, 6.45) is 1.75. The van der Waals surface area contributed by atoms with E-state index in [0.29, 0.717) is 57.3 Å². The van der Waals surface area contributed by atoms with Crippen LogP contribution in [-0.2, 0) is 9.47 Å². The van der Waals surface area contributed by atoms with Gasteiger partial charge in [-0.15, -0.1) is 0 Å². The lowest BCUT2D eigenvalue weighted by Gasteiger charge is -2.30. The Morgan fingerprint density at radius 3 is 2.50 bits per heavy atom. The van der Waals surface area contributed by atoms with Crippen LogP contribution in [0.25, 0.3) is 22.4 Å². The van der Waals surface area contributed by atoms with Gasteiger partial charge in [-0.2, -0.15) is 5.10 Å². The number of rotatable bonds is 5. The number of carbonyl (C=O) groups excluding carboxylic acids is 1. The number of carbonyl (C=O) groups is 2. The van der Waals surface area contributed by atoms with E-state index in [4.69, 9.17) is 19.4 Å². The minimum absolute atomic E-state index is 0.0505. The van der Waals surface area contributed by atoms with Crippen molar-refractivity contribution in [3.63, 3.8) is 0 Å². The Morgan fingerprint density at radius 2 is 1.83 bits per heavy atom. The van der Waals surface area contributed by atoms with Gasteiger partial charge < -0.3 is 24.4 Å². The van der Waals surface area contributed by atoms with Crippen LogP contribution in [0.3, 0.4) is 0 Å². The number of ether oxygens (including phenoxy) is 2. The number of hydrogen-bond donors (Lipinski definition) is 2. The molecule has 12 nitrogen and oxygen atoms in total. The second kappa shape index (κ2) is 10.4. The van der Waals surface area contributed by atoms with Gasteiger partial charge in [0.2, 0.25) is 0 Å². The Morgan fingerprint density at radius 1 is 1.11 bits per heavy atom. The largest absolute Gasteiger partial charge is 0.465 e. The van der Waals surface area contributed by atoms with E-state index in [9.17, 15) is 14.7 Å². The van der Waals surface area contributed by atoms with Crippen molar-refractivity contribution in [1.82, 2.24) is 24.6 Å². The Bertz CT molecular complexity index is 1230. The maximum atomic E-state index is 11.7. The number of amides is 2. The second-order valence-electron chi connectivity index (χ2n) is 8.72. The first kappa shape index (κ1) is 23.8. The molecule has 4 heterocycles. The van der Waals surface area contributed by atoms with Gasteiger partial charge in [0, 0.05) is 37.4 Å². The van der Waals surface area contributed by atoms with Crippen LogP contribution >= 0.6 is 0 Å². The monoisotopic (exact) mass is 495 g/mol. The fourth-order valence-electron chi connectivity index (χ4n) is 4.61. The first-order valence-electron chi connectivity index (χ1n) is 12.1. The average molecular weight is 496 g/mol. The van der Waals surface area contributed by atoms with E-state index >= 15 is 0 Å². The van der Waals surface area contributed by atoms with Crippen LogP contribution in [0, 0.1) is 0 Å². The van der Waals surface area contributed by atoms with Crippen molar-refractivity contribution in [3.8, 4) is 11.4 Å². The molecule has 2 amide bonds. The van der Waals surface area contributed by atoms with Crippen LogP contribution in [0.2, 0.25) is 0 Å². The lowest BCUT2D eigenvalue weighted by molar-refractivity contribution is 0.122. The third-order valence-electron chi connectivity index (χ3n) is 6.49. The molecule has 0 atom stereocenters. The summed E-state index contributed by atoms with van der Waals surface area (Å²) < 4.78 is 12.4. The Hall–Kier alpha value is -3.93. The molecule has 0 radical (unpaired) electrons. The molecule has 0 aliphatic carbocycles. The van der Waals surface area contributed by atoms with Gasteiger partial charge in [0.15, 0.2) is 11.5 Å². The van der Waals surface area contributed by atoms with Crippen LogP contribution in [-0.4, -0.2) is 87.9 Å². The van der Waals surface area contributed by atoms with Gasteiger partial charge in [-0.3, -0.25) is 5.32 Å². The van der Waals surface area contributed by atoms with E-state index < -0.39 is 12.2 Å². The van der Waals surface area contributed by atoms with Crippen LogP contribution in [0.1, 0.15) is 25.8 Å². The number of likely N-dealkylation sites (tertiary alicyclic amines) is 1. The number of nitrogens with one attached hydrogen (secondary N) is 1. The van der Waals surface area contributed by atoms with Gasteiger partial charge in [0.25, 0.3) is 0 Å². The highest BCUT2D eigenvalue weighted by Crippen LogP contribution is 2.32. The first-order chi connectivity index (χ1) is 17.5. The van der Waals surface area contributed by atoms with Gasteiger partial charge in [-0.05, 0) is 44.0 Å². The summed E-state index contributed by atoms with van der Waals surface area (Å²) >= 11 is 0. The first-order valence-corrected chi connectivity index (χ1v) is 12.1. The Labute approximate surface area is 207 Å². The van der Waals surface area contributed by atoms with E-state index in [1.807, 2.05) is 16.8 Å². The summed E-state index contributed by atoms with van der Waals surface area (Å²) in [6, 6.07) is 7.34. The average Bonchev–Trinajstić information content (AvgIpc) is 3.33. The maximum absolute atomic E-state index is 11.7. The van der Waals surface area contributed by atoms with Gasteiger partial charge in [-0.25, -0.2) is 24.2 Å². The summed E-state index contributed by atoms with van der Waals surface area (Å²) in [7, 11) is 0. The molecule has 1 aromatic carbocycles. The lowest BCUT2D eigenvalue weighted by atomic mass is 10.1. The highest BCUT2D eigenvalue weighted by Gasteiger charge is 2.27. The van der Waals surface area contributed by atoms with E-state index in [2.05, 4.69) is 15.3 Å². The number of hydrogen-bond acceptors (Lipinski definition) is 8. The van der Waals surface area contributed by atoms with Gasteiger partial charge in [0.1, 0.15) is 5.82 Å². The summed E-state index contributed by atoms with van der Waals surface area (Å²) in [5.74, 6) is 1.36. The van der Waals surface area contributed by atoms with Crippen LogP contribution in [0.4, 0.5) is 21.1 Å². The molecular weight excluding hydrogens is 466 g/mol. The van der Waals surface area contributed by atoms with Crippen molar-refractivity contribution in [2.45, 2.75) is 25.8 Å². The summed E-state index contributed by atoms with van der Waals surface area (Å²) in [4.78, 5) is 36.5. The number of fused-ring (bicyclic) bond motifs is 1. The smallest absolute Gasteiger partial charge is 0.411 e. The standard InChI is InChI=1S/C24H29N7O5/c1-2-36-23(32)26-17-5-3-16(4-6-17)20-27-21(29-11-13-35-14-12-29)19-15-25-31(22(19)28-20)18-7-9-30(10-8-18)24(33)34/h3-6,15,18H,2,7-14H2,1H3,(H,26,32)(H,33,34). The van der Waals surface area contributed by atoms with Crippen molar-refractivity contribution < 1.29 is 24.2 Å². The molecule has 2 aliphatic rings. The van der Waals surface area contributed by atoms with Crippen molar-refractivity contribution in [2.75, 3.05) is 56.2 Å². The number of nitrogens with zero attached hydrogens (tertiary/aromatic N) is 6. The minimum Gasteiger partial charge on any atom is -0.465 e. The predicted molar refractivity (Wildman–Crippen MR) is 132 cm³/mol. The van der Waals surface area contributed by atoms with Gasteiger partial charge in [0.05, 0.1) is 37.4 Å². The fraction of sp³-hybridized carbons (Fsp3) is 0.458. The molecule has 0 spiro atoms. The topological polar surface area (TPSA) is 135 Å². The summed E-state index contributed by atoms with van der Waals surface area (Å²) in [5.41, 5.74) is 2.14. The SMILES string of the molecule is CCOC(=O)Nc1ccc(-c2nc(N3CCOCC3)c3cnn(C4CCN(C(=O)O)CC4)c3n2)cc1. The molecule has 0 unspecified atom stereocenters. The number of carboxylic acid groups (broad SMARTS) is 1. The fourth-order valence-corrected chi connectivity index (χ4v) is 4.61. The normalized spacial score (nSPS) is 16.8. The second-order valence-corrected chi connectivity index (χ2v) is 8.72. The molecular formula is C24H29N7O5. The highest BCUT2D eigenvalue weighted by molar-refractivity contribution is 5.89. The quantitative estimate of drug-likeness (QED) is 0.547. The zero-order valence-electron chi connectivity index (χ0n) is 20.1. The molecule has 2 aliphatic heterocycles. The van der Waals surface area contributed by atoms with Crippen molar-refractivity contribution in [2.24, 2.45) is 0 Å². The molecule has 3 aromatic rings. The summed E-state index contributed by atoms with van der Waals surface area (Å²) in [5, 5.41) is 17.5. The van der Waals surface area contributed by atoms with Crippen molar-refractivity contribution in [3.05, 3.63) is 30.5 Å². The zero-order valence-corrected chi connectivity index (χ0v) is 20.1. The molecule has 12 heteroatoms.